The summed E-state index contributed by atoms with van der Waals surface area (Å²) in [6, 6.07) is 21.5. The molecular weight excluding hydrogens is 339 g/mol. The molecule has 0 bridgehead atoms. The minimum absolute atomic E-state index is 0.573. The fourth-order valence-corrected chi connectivity index (χ4v) is 2.54. The Labute approximate surface area is 153 Å². The highest BCUT2D eigenvalue weighted by Gasteiger charge is 2.02. The molecule has 0 aliphatic rings. The fourth-order valence-electron chi connectivity index (χ4n) is 2.13. The van der Waals surface area contributed by atoms with Gasteiger partial charge in [0.1, 0.15) is 0 Å². The Bertz CT molecular complexity index is 752. The predicted molar refractivity (Wildman–Crippen MR) is 106 cm³/mol. The van der Waals surface area contributed by atoms with Crippen LogP contribution in [0.4, 0.5) is 11.4 Å². The molecule has 24 heavy (non-hydrogen) atoms. The quantitative estimate of drug-likeness (QED) is 0.573. The maximum absolute atomic E-state index is 5.97. The van der Waals surface area contributed by atoms with Gasteiger partial charge in [-0.3, -0.25) is 0 Å². The van der Waals surface area contributed by atoms with Gasteiger partial charge >= 0.3 is 0 Å². The van der Waals surface area contributed by atoms with Gasteiger partial charge in [0.05, 0.1) is 21.4 Å². The third-order valence-corrected chi connectivity index (χ3v) is 4.13. The first kappa shape index (κ1) is 18.2. The summed E-state index contributed by atoms with van der Waals surface area (Å²) in [5.74, 6) is 0. The summed E-state index contributed by atoms with van der Waals surface area (Å²) < 4.78 is 0. The van der Waals surface area contributed by atoms with Crippen molar-refractivity contribution in [3.05, 3.63) is 93.5 Å². The zero-order valence-electron chi connectivity index (χ0n) is 13.5. The van der Waals surface area contributed by atoms with E-state index < -0.39 is 0 Å². The van der Waals surface area contributed by atoms with Crippen LogP contribution < -0.4 is 11.5 Å². The number of benzene rings is 3. The molecule has 124 valence electrons. The first-order valence-corrected chi connectivity index (χ1v) is 8.31. The molecule has 0 atom stereocenters. The van der Waals surface area contributed by atoms with Crippen molar-refractivity contribution in [2.45, 2.75) is 13.3 Å². The Morgan fingerprint density at radius 3 is 1.50 bits per heavy atom. The van der Waals surface area contributed by atoms with Crippen molar-refractivity contribution >= 4 is 34.6 Å². The van der Waals surface area contributed by atoms with E-state index in [1.807, 2.05) is 42.5 Å². The Morgan fingerprint density at radius 1 is 0.708 bits per heavy atom. The largest absolute Gasteiger partial charge is 0.398 e. The molecule has 0 aliphatic heterocycles. The van der Waals surface area contributed by atoms with Crippen LogP contribution in [0.25, 0.3) is 0 Å². The molecule has 0 heterocycles. The van der Waals surface area contributed by atoms with Gasteiger partial charge in [0.25, 0.3) is 0 Å². The molecule has 0 aliphatic carbocycles. The lowest BCUT2D eigenvalue weighted by Gasteiger charge is -2.06. The van der Waals surface area contributed by atoms with Crippen molar-refractivity contribution in [1.29, 1.82) is 0 Å². The summed E-state index contributed by atoms with van der Waals surface area (Å²) in [4.78, 5) is 0. The SMILES string of the molecule is Cc1ccccc1.Nc1ccc(Cc2ccc(N)c(Cl)c2)cc1Cl. The molecule has 0 saturated heterocycles. The third kappa shape index (κ3) is 5.48. The smallest absolute Gasteiger partial charge is 0.0638 e. The van der Waals surface area contributed by atoms with E-state index in [9.17, 15) is 0 Å². The number of rotatable bonds is 2. The van der Waals surface area contributed by atoms with Gasteiger partial charge in [0, 0.05) is 0 Å². The van der Waals surface area contributed by atoms with Gasteiger partial charge in [0.15, 0.2) is 0 Å². The van der Waals surface area contributed by atoms with Gasteiger partial charge in [-0.2, -0.15) is 0 Å². The fraction of sp³-hybridized carbons (Fsp3) is 0.100. The zero-order valence-corrected chi connectivity index (χ0v) is 15.0. The zero-order chi connectivity index (χ0) is 17.5. The molecule has 3 rings (SSSR count). The van der Waals surface area contributed by atoms with Crippen LogP contribution in [0.2, 0.25) is 10.0 Å². The molecule has 0 fully saturated rings. The van der Waals surface area contributed by atoms with Crippen LogP contribution in [0.1, 0.15) is 16.7 Å². The molecule has 0 amide bonds. The highest BCUT2D eigenvalue weighted by Crippen LogP contribution is 2.24. The number of halogens is 2. The molecule has 4 N–H and O–H groups in total. The number of anilines is 2. The molecule has 0 unspecified atom stereocenters. The van der Waals surface area contributed by atoms with Crippen LogP contribution in [0, 0.1) is 6.92 Å². The highest BCUT2D eigenvalue weighted by atomic mass is 35.5. The summed E-state index contributed by atoms with van der Waals surface area (Å²) in [6.07, 6.45) is 0.750. The van der Waals surface area contributed by atoms with Gasteiger partial charge in [0.2, 0.25) is 0 Å². The van der Waals surface area contributed by atoms with E-state index in [-0.39, 0.29) is 0 Å². The second-order valence-corrected chi connectivity index (χ2v) is 6.36. The van der Waals surface area contributed by atoms with Crippen molar-refractivity contribution in [3.63, 3.8) is 0 Å². The lowest BCUT2D eigenvalue weighted by Crippen LogP contribution is -1.93. The number of nitrogen functional groups attached to an aromatic ring is 2. The summed E-state index contributed by atoms with van der Waals surface area (Å²) in [6.45, 7) is 2.08. The second kappa shape index (κ2) is 8.62. The van der Waals surface area contributed by atoms with Crippen LogP contribution in [-0.2, 0) is 6.42 Å². The van der Waals surface area contributed by atoms with Crippen molar-refractivity contribution < 1.29 is 0 Å². The monoisotopic (exact) mass is 358 g/mol. The average Bonchev–Trinajstić information content (AvgIpc) is 2.56. The minimum atomic E-state index is 0.573. The van der Waals surface area contributed by atoms with Gasteiger partial charge in [-0.05, 0) is 48.7 Å². The molecule has 3 aromatic carbocycles. The summed E-state index contributed by atoms with van der Waals surface area (Å²) in [7, 11) is 0. The number of nitrogens with two attached hydrogens (primary N) is 2. The van der Waals surface area contributed by atoms with E-state index in [0.717, 1.165) is 17.5 Å². The molecular formula is C20H20Cl2N2. The summed E-state index contributed by atoms with van der Waals surface area (Å²) >= 11 is 11.9. The third-order valence-electron chi connectivity index (χ3n) is 3.48. The first-order chi connectivity index (χ1) is 11.5. The Morgan fingerprint density at radius 2 is 1.17 bits per heavy atom. The topological polar surface area (TPSA) is 52.0 Å². The van der Waals surface area contributed by atoms with Crippen LogP contribution in [0.15, 0.2) is 66.7 Å². The van der Waals surface area contributed by atoms with Crippen LogP contribution in [-0.4, -0.2) is 0 Å². The van der Waals surface area contributed by atoms with Crippen molar-refractivity contribution in [1.82, 2.24) is 0 Å². The van der Waals surface area contributed by atoms with E-state index in [1.54, 1.807) is 12.1 Å². The first-order valence-electron chi connectivity index (χ1n) is 7.55. The minimum Gasteiger partial charge on any atom is -0.398 e. The van der Waals surface area contributed by atoms with E-state index >= 15 is 0 Å². The van der Waals surface area contributed by atoms with Crippen LogP contribution in [0.5, 0.6) is 0 Å². The van der Waals surface area contributed by atoms with Crippen LogP contribution >= 0.6 is 23.2 Å². The average molecular weight is 359 g/mol. The summed E-state index contributed by atoms with van der Waals surface area (Å²) in [5, 5.41) is 1.15. The Kier molecular flexibility index (Phi) is 6.53. The van der Waals surface area contributed by atoms with E-state index in [1.165, 1.54) is 5.56 Å². The summed E-state index contributed by atoms with van der Waals surface area (Å²) in [5.41, 5.74) is 16.0. The predicted octanol–water partition coefficient (Wildman–Crippen LogP) is 5.74. The van der Waals surface area contributed by atoms with Gasteiger partial charge < -0.3 is 11.5 Å². The van der Waals surface area contributed by atoms with Gasteiger partial charge in [-0.15, -0.1) is 0 Å². The molecule has 0 aromatic heterocycles. The lowest BCUT2D eigenvalue weighted by molar-refractivity contribution is 1.19. The Hall–Kier alpha value is -2.16. The number of hydrogen-bond acceptors (Lipinski definition) is 2. The van der Waals surface area contributed by atoms with E-state index in [2.05, 4.69) is 19.1 Å². The molecule has 4 heteroatoms. The highest BCUT2D eigenvalue weighted by molar-refractivity contribution is 6.33. The van der Waals surface area contributed by atoms with Crippen molar-refractivity contribution in [2.24, 2.45) is 0 Å². The van der Waals surface area contributed by atoms with Gasteiger partial charge in [-0.25, -0.2) is 0 Å². The molecule has 0 saturated carbocycles. The molecule has 0 radical (unpaired) electrons. The molecule has 2 nitrogen and oxygen atoms in total. The maximum Gasteiger partial charge on any atom is 0.0638 e. The molecule has 3 aromatic rings. The van der Waals surface area contributed by atoms with E-state index in [4.69, 9.17) is 34.7 Å². The number of hydrogen-bond donors (Lipinski definition) is 2. The van der Waals surface area contributed by atoms with Crippen LogP contribution in [0.3, 0.4) is 0 Å². The van der Waals surface area contributed by atoms with Crippen molar-refractivity contribution in [3.8, 4) is 0 Å². The molecule has 0 spiro atoms. The number of aryl methyl sites for hydroxylation is 1. The van der Waals surface area contributed by atoms with Gasteiger partial charge in [-0.1, -0.05) is 71.2 Å². The Balaban J connectivity index is 0.000000249. The lowest BCUT2D eigenvalue weighted by atomic mass is 10.0. The second-order valence-electron chi connectivity index (χ2n) is 5.54. The standard InChI is InChI=1S/C13H12Cl2N2.C7H8/c14-10-6-8(1-3-12(10)16)5-9-2-4-13(17)11(15)7-9;1-7-5-3-2-4-6-7/h1-4,6-7H,5,16-17H2;2-6H,1H3. The normalized spacial score (nSPS) is 9.96. The maximum atomic E-state index is 5.97. The van der Waals surface area contributed by atoms with E-state index in [0.29, 0.717) is 21.4 Å². The van der Waals surface area contributed by atoms with Crippen molar-refractivity contribution in [2.75, 3.05) is 11.5 Å².